The molecule has 21 heavy (non-hydrogen) atoms. The zero-order chi connectivity index (χ0) is 15.5. The first kappa shape index (κ1) is 15.6. The van der Waals surface area contributed by atoms with Crippen LogP contribution in [-0.2, 0) is 11.3 Å². The van der Waals surface area contributed by atoms with Gasteiger partial charge in [0.25, 0.3) is 0 Å². The summed E-state index contributed by atoms with van der Waals surface area (Å²) >= 11 is 5.91. The lowest BCUT2D eigenvalue weighted by Crippen LogP contribution is -2.55. The van der Waals surface area contributed by atoms with Gasteiger partial charge in [0.05, 0.1) is 0 Å². The summed E-state index contributed by atoms with van der Waals surface area (Å²) in [7, 11) is 1.64. The number of nitrogens with zero attached hydrogens (tertiary/aromatic N) is 1. The first-order valence-corrected chi connectivity index (χ1v) is 7.32. The predicted molar refractivity (Wildman–Crippen MR) is 80.3 cm³/mol. The van der Waals surface area contributed by atoms with Crippen LogP contribution in [-0.4, -0.2) is 34.6 Å². The number of halogens is 1. The van der Waals surface area contributed by atoms with Gasteiger partial charge in [0.1, 0.15) is 5.54 Å². The second-order valence-electron chi connectivity index (χ2n) is 5.51. The van der Waals surface area contributed by atoms with E-state index in [2.05, 4.69) is 5.32 Å². The molecule has 0 spiro atoms. The molecule has 1 aromatic carbocycles. The average molecular weight is 311 g/mol. The Morgan fingerprint density at radius 1 is 1.38 bits per heavy atom. The lowest BCUT2D eigenvalue weighted by molar-refractivity contribution is -0.144. The molecule has 0 bridgehead atoms. The minimum atomic E-state index is -1.11. The standard InChI is InChI=1S/C15H19ClN2O3/c1-18(10-11-5-4-6-12(16)9-11)14(21)17-15(13(19)20)7-2-3-8-15/h4-6,9H,2-3,7-8,10H2,1H3,(H,17,21)(H,19,20). The minimum Gasteiger partial charge on any atom is -0.480 e. The van der Waals surface area contributed by atoms with Crippen molar-refractivity contribution in [1.29, 1.82) is 0 Å². The summed E-state index contributed by atoms with van der Waals surface area (Å²) in [6.07, 6.45) is 2.62. The van der Waals surface area contributed by atoms with Gasteiger partial charge in [-0.05, 0) is 30.5 Å². The zero-order valence-corrected chi connectivity index (χ0v) is 12.7. The van der Waals surface area contributed by atoms with Gasteiger partial charge in [0, 0.05) is 18.6 Å². The third-order valence-corrected chi connectivity index (χ3v) is 4.10. The van der Waals surface area contributed by atoms with Crippen LogP contribution in [0.3, 0.4) is 0 Å². The Morgan fingerprint density at radius 2 is 2.05 bits per heavy atom. The number of carboxylic acid groups (broad SMARTS) is 1. The molecule has 2 rings (SSSR count). The first-order valence-electron chi connectivity index (χ1n) is 6.94. The van der Waals surface area contributed by atoms with E-state index in [1.165, 1.54) is 4.90 Å². The Labute approximate surface area is 128 Å². The maximum absolute atomic E-state index is 12.2. The number of hydrogen-bond acceptors (Lipinski definition) is 2. The van der Waals surface area contributed by atoms with Gasteiger partial charge < -0.3 is 15.3 Å². The molecule has 114 valence electrons. The number of carboxylic acids is 1. The molecule has 0 aromatic heterocycles. The summed E-state index contributed by atoms with van der Waals surface area (Å²) in [4.78, 5) is 25.1. The largest absolute Gasteiger partial charge is 0.480 e. The van der Waals surface area contributed by atoms with Gasteiger partial charge in [-0.15, -0.1) is 0 Å². The highest BCUT2D eigenvalue weighted by molar-refractivity contribution is 6.30. The van der Waals surface area contributed by atoms with E-state index in [4.69, 9.17) is 11.6 Å². The molecule has 0 heterocycles. The molecule has 0 unspecified atom stereocenters. The fourth-order valence-electron chi connectivity index (χ4n) is 2.65. The second kappa shape index (κ2) is 6.35. The van der Waals surface area contributed by atoms with E-state index in [1.807, 2.05) is 12.1 Å². The van der Waals surface area contributed by atoms with Crippen LogP contribution < -0.4 is 5.32 Å². The van der Waals surface area contributed by atoms with Crippen molar-refractivity contribution in [3.05, 3.63) is 34.9 Å². The maximum atomic E-state index is 12.2. The molecular formula is C15H19ClN2O3. The van der Waals surface area contributed by atoms with Crippen LogP contribution in [0.2, 0.25) is 5.02 Å². The summed E-state index contributed by atoms with van der Waals surface area (Å²) in [6, 6.07) is 6.87. The SMILES string of the molecule is CN(Cc1cccc(Cl)c1)C(=O)NC1(C(=O)O)CCCC1. The molecule has 0 radical (unpaired) electrons. The van der Waals surface area contributed by atoms with Crippen molar-refractivity contribution in [2.75, 3.05) is 7.05 Å². The van der Waals surface area contributed by atoms with Crippen molar-refractivity contribution in [3.8, 4) is 0 Å². The molecule has 0 aliphatic heterocycles. The van der Waals surface area contributed by atoms with E-state index in [0.717, 1.165) is 18.4 Å². The van der Waals surface area contributed by atoms with Crippen LogP contribution in [0.15, 0.2) is 24.3 Å². The predicted octanol–water partition coefficient (Wildman–Crippen LogP) is 2.88. The number of aliphatic carboxylic acids is 1. The Hall–Kier alpha value is -1.75. The molecule has 0 atom stereocenters. The molecule has 1 aromatic rings. The lowest BCUT2D eigenvalue weighted by Gasteiger charge is -2.28. The zero-order valence-electron chi connectivity index (χ0n) is 11.9. The number of rotatable bonds is 4. The van der Waals surface area contributed by atoms with Crippen LogP contribution in [0.1, 0.15) is 31.2 Å². The molecular weight excluding hydrogens is 292 g/mol. The molecule has 1 aliphatic rings. The van der Waals surface area contributed by atoms with E-state index in [-0.39, 0.29) is 6.03 Å². The number of nitrogens with one attached hydrogen (secondary N) is 1. The van der Waals surface area contributed by atoms with E-state index in [0.29, 0.717) is 24.4 Å². The summed E-state index contributed by atoms with van der Waals surface area (Å²) < 4.78 is 0. The third-order valence-electron chi connectivity index (χ3n) is 3.87. The van der Waals surface area contributed by atoms with Crippen molar-refractivity contribution >= 4 is 23.6 Å². The topological polar surface area (TPSA) is 69.6 Å². The van der Waals surface area contributed by atoms with Crippen molar-refractivity contribution in [1.82, 2.24) is 10.2 Å². The number of hydrogen-bond donors (Lipinski definition) is 2. The number of carbonyl (C=O) groups excluding carboxylic acids is 1. The molecule has 1 fully saturated rings. The van der Waals surface area contributed by atoms with Crippen LogP contribution >= 0.6 is 11.6 Å². The molecule has 6 heteroatoms. The fraction of sp³-hybridized carbons (Fsp3) is 0.467. The highest BCUT2D eigenvalue weighted by atomic mass is 35.5. The van der Waals surface area contributed by atoms with E-state index in [9.17, 15) is 14.7 Å². The number of benzene rings is 1. The van der Waals surface area contributed by atoms with Gasteiger partial charge in [-0.1, -0.05) is 36.6 Å². The number of urea groups is 1. The van der Waals surface area contributed by atoms with E-state index in [1.54, 1.807) is 19.2 Å². The Kier molecular flexibility index (Phi) is 4.73. The number of amides is 2. The molecule has 5 nitrogen and oxygen atoms in total. The second-order valence-corrected chi connectivity index (χ2v) is 5.95. The summed E-state index contributed by atoms with van der Waals surface area (Å²) in [5.74, 6) is -0.954. The fourth-order valence-corrected chi connectivity index (χ4v) is 2.86. The van der Waals surface area contributed by atoms with Crippen molar-refractivity contribution in [2.24, 2.45) is 0 Å². The van der Waals surface area contributed by atoms with Crippen LogP contribution in [0.4, 0.5) is 4.79 Å². The summed E-state index contributed by atoms with van der Waals surface area (Å²) in [6.45, 7) is 0.377. The van der Waals surface area contributed by atoms with E-state index < -0.39 is 11.5 Å². The van der Waals surface area contributed by atoms with Crippen LogP contribution in [0.5, 0.6) is 0 Å². The van der Waals surface area contributed by atoms with E-state index >= 15 is 0 Å². The van der Waals surface area contributed by atoms with Gasteiger partial charge in [-0.3, -0.25) is 0 Å². The third kappa shape index (κ3) is 3.67. The molecule has 2 amide bonds. The van der Waals surface area contributed by atoms with Gasteiger partial charge in [-0.25, -0.2) is 9.59 Å². The van der Waals surface area contributed by atoms with Crippen LogP contribution in [0.25, 0.3) is 0 Å². The van der Waals surface area contributed by atoms with Crippen molar-refractivity contribution < 1.29 is 14.7 Å². The summed E-state index contributed by atoms with van der Waals surface area (Å²) in [5, 5.41) is 12.7. The maximum Gasteiger partial charge on any atom is 0.329 e. The molecule has 1 saturated carbocycles. The highest BCUT2D eigenvalue weighted by Crippen LogP contribution is 2.30. The number of carbonyl (C=O) groups is 2. The Bertz CT molecular complexity index is 541. The molecule has 1 aliphatic carbocycles. The van der Waals surface area contributed by atoms with Gasteiger partial charge >= 0.3 is 12.0 Å². The molecule has 0 saturated heterocycles. The Morgan fingerprint density at radius 3 is 2.62 bits per heavy atom. The minimum absolute atomic E-state index is 0.376. The van der Waals surface area contributed by atoms with Gasteiger partial charge in [-0.2, -0.15) is 0 Å². The quantitative estimate of drug-likeness (QED) is 0.898. The van der Waals surface area contributed by atoms with Crippen molar-refractivity contribution in [3.63, 3.8) is 0 Å². The van der Waals surface area contributed by atoms with Crippen LogP contribution in [0, 0.1) is 0 Å². The molecule has 2 N–H and O–H groups in total. The van der Waals surface area contributed by atoms with Crippen molar-refractivity contribution in [2.45, 2.75) is 37.8 Å². The average Bonchev–Trinajstić information content (AvgIpc) is 2.88. The smallest absolute Gasteiger partial charge is 0.329 e. The van der Waals surface area contributed by atoms with Gasteiger partial charge in [0.2, 0.25) is 0 Å². The lowest BCUT2D eigenvalue weighted by atomic mass is 9.98. The summed E-state index contributed by atoms with van der Waals surface area (Å²) in [5.41, 5.74) is -0.212. The monoisotopic (exact) mass is 310 g/mol. The highest BCUT2D eigenvalue weighted by Gasteiger charge is 2.43. The normalized spacial score (nSPS) is 16.5. The first-order chi connectivity index (χ1) is 9.93. The Balaban J connectivity index is 2.01. The van der Waals surface area contributed by atoms with Gasteiger partial charge in [0.15, 0.2) is 0 Å².